The van der Waals surface area contributed by atoms with Gasteiger partial charge < -0.3 is 10.2 Å². The molecule has 1 unspecified atom stereocenters. The van der Waals surface area contributed by atoms with Gasteiger partial charge in [-0.05, 0) is 31.6 Å². The lowest BCUT2D eigenvalue weighted by atomic mass is 9.85. The minimum Gasteiger partial charge on any atom is -0.343 e. The van der Waals surface area contributed by atoms with E-state index in [0.29, 0.717) is 12.3 Å². The van der Waals surface area contributed by atoms with E-state index in [9.17, 15) is 9.59 Å². The maximum absolute atomic E-state index is 12.6. The molecule has 0 aromatic heterocycles. The van der Waals surface area contributed by atoms with E-state index in [2.05, 4.69) is 39.9 Å². The standard InChI is InChI=1S/C15H28N2O2/c1-6-15(7-2,8-3)17-10-13(18)16-12(14(17)19)9-11(4)5/h11-12H,6-10H2,1-5H3,(H,16,18). The molecule has 1 N–H and O–H groups in total. The third-order valence-electron chi connectivity index (χ3n) is 4.46. The first-order valence-corrected chi connectivity index (χ1v) is 7.51. The molecule has 110 valence electrons. The second-order valence-corrected chi connectivity index (χ2v) is 5.96. The van der Waals surface area contributed by atoms with Gasteiger partial charge >= 0.3 is 0 Å². The van der Waals surface area contributed by atoms with E-state index in [1.165, 1.54) is 0 Å². The molecule has 2 amide bonds. The van der Waals surface area contributed by atoms with Crippen molar-refractivity contribution in [1.29, 1.82) is 0 Å². The summed E-state index contributed by atoms with van der Waals surface area (Å²) in [6.45, 7) is 10.7. The van der Waals surface area contributed by atoms with Gasteiger partial charge in [-0.25, -0.2) is 0 Å². The largest absolute Gasteiger partial charge is 0.343 e. The van der Waals surface area contributed by atoms with E-state index in [-0.39, 0.29) is 29.9 Å². The van der Waals surface area contributed by atoms with E-state index in [1.54, 1.807) is 0 Å². The smallest absolute Gasteiger partial charge is 0.246 e. The van der Waals surface area contributed by atoms with Crippen LogP contribution in [0.15, 0.2) is 0 Å². The van der Waals surface area contributed by atoms with Crippen molar-refractivity contribution in [3.05, 3.63) is 0 Å². The zero-order valence-electron chi connectivity index (χ0n) is 13.0. The Kier molecular flexibility index (Phi) is 5.39. The second kappa shape index (κ2) is 6.40. The molecule has 0 aromatic rings. The van der Waals surface area contributed by atoms with Gasteiger partial charge in [0.2, 0.25) is 11.8 Å². The van der Waals surface area contributed by atoms with Crippen molar-refractivity contribution in [2.24, 2.45) is 5.92 Å². The van der Waals surface area contributed by atoms with Crippen molar-refractivity contribution >= 4 is 11.8 Å². The third kappa shape index (κ3) is 3.28. The summed E-state index contributed by atoms with van der Waals surface area (Å²) in [6, 6.07) is -0.342. The van der Waals surface area contributed by atoms with Crippen LogP contribution in [-0.2, 0) is 9.59 Å². The van der Waals surface area contributed by atoms with Crippen LogP contribution in [-0.4, -0.2) is 34.8 Å². The zero-order chi connectivity index (χ0) is 14.6. The summed E-state index contributed by atoms with van der Waals surface area (Å²) in [5, 5.41) is 2.84. The van der Waals surface area contributed by atoms with Crippen molar-refractivity contribution in [2.45, 2.75) is 71.9 Å². The van der Waals surface area contributed by atoms with Crippen LogP contribution in [0.4, 0.5) is 0 Å². The molecule has 1 saturated heterocycles. The molecule has 0 radical (unpaired) electrons. The molecule has 4 heteroatoms. The van der Waals surface area contributed by atoms with Crippen molar-refractivity contribution in [3.8, 4) is 0 Å². The molecule has 0 saturated carbocycles. The van der Waals surface area contributed by atoms with Gasteiger partial charge in [0.05, 0.1) is 0 Å². The molecule has 1 aliphatic heterocycles. The van der Waals surface area contributed by atoms with Crippen LogP contribution in [0.3, 0.4) is 0 Å². The van der Waals surface area contributed by atoms with Gasteiger partial charge in [0, 0.05) is 5.54 Å². The number of nitrogens with one attached hydrogen (secondary N) is 1. The molecule has 1 atom stereocenters. The van der Waals surface area contributed by atoms with Gasteiger partial charge in [-0.2, -0.15) is 0 Å². The summed E-state index contributed by atoms with van der Waals surface area (Å²) in [7, 11) is 0. The number of rotatable bonds is 6. The predicted octanol–water partition coefficient (Wildman–Crippen LogP) is 2.33. The fourth-order valence-electron chi connectivity index (χ4n) is 3.07. The molecule has 0 aromatic carbocycles. The first-order chi connectivity index (χ1) is 8.90. The van der Waals surface area contributed by atoms with Crippen molar-refractivity contribution in [1.82, 2.24) is 10.2 Å². The Balaban J connectivity index is 2.99. The normalized spacial score (nSPS) is 20.9. The number of carbonyl (C=O) groups excluding carboxylic acids is 2. The molecule has 1 fully saturated rings. The number of nitrogens with zero attached hydrogens (tertiary/aromatic N) is 1. The highest BCUT2D eigenvalue weighted by Crippen LogP contribution is 2.30. The lowest BCUT2D eigenvalue weighted by Gasteiger charge is -2.46. The Morgan fingerprint density at radius 2 is 1.74 bits per heavy atom. The van der Waals surface area contributed by atoms with Gasteiger partial charge in [0.15, 0.2) is 0 Å². The van der Waals surface area contributed by atoms with E-state index in [1.807, 2.05) is 4.90 Å². The fourth-order valence-corrected chi connectivity index (χ4v) is 3.07. The fraction of sp³-hybridized carbons (Fsp3) is 0.867. The summed E-state index contributed by atoms with van der Waals surface area (Å²) in [5.41, 5.74) is -0.163. The average Bonchev–Trinajstić information content (AvgIpc) is 2.36. The molecule has 1 aliphatic rings. The summed E-state index contributed by atoms with van der Waals surface area (Å²) in [5.74, 6) is 0.470. The zero-order valence-corrected chi connectivity index (χ0v) is 13.0. The summed E-state index contributed by atoms with van der Waals surface area (Å²) in [6.07, 6.45) is 3.41. The maximum atomic E-state index is 12.6. The van der Waals surface area contributed by atoms with E-state index >= 15 is 0 Å². The molecular weight excluding hydrogens is 240 g/mol. The Labute approximate surface area is 116 Å². The van der Waals surface area contributed by atoms with Crippen LogP contribution in [0.25, 0.3) is 0 Å². The molecule has 0 bridgehead atoms. The monoisotopic (exact) mass is 268 g/mol. The number of carbonyl (C=O) groups is 2. The minimum absolute atomic E-state index is 0.0232. The topological polar surface area (TPSA) is 49.4 Å². The summed E-state index contributed by atoms with van der Waals surface area (Å²) >= 11 is 0. The maximum Gasteiger partial charge on any atom is 0.246 e. The van der Waals surface area contributed by atoms with Crippen molar-refractivity contribution < 1.29 is 9.59 Å². The molecule has 19 heavy (non-hydrogen) atoms. The number of hydrogen-bond donors (Lipinski definition) is 1. The Bertz CT molecular complexity index is 327. The van der Waals surface area contributed by atoms with Crippen LogP contribution in [0.1, 0.15) is 60.3 Å². The van der Waals surface area contributed by atoms with Crippen molar-refractivity contribution in [3.63, 3.8) is 0 Å². The quantitative estimate of drug-likeness (QED) is 0.803. The van der Waals surface area contributed by atoms with E-state index in [0.717, 1.165) is 19.3 Å². The number of hydrogen-bond acceptors (Lipinski definition) is 2. The summed E-state index contributed by atoms with van der Waals surface area (Å²) in [4.78, 5) is 26.4. The lowest BCUT2D eigenvalue weighted by molar-refractivity contribution is -0.152. The average molecular weight is 268 g/mol. The van der Waals surface area contributed by atoms with Gasteiger partial charge in [0.1, 0.15) is 12.6 Å². The van der Waals surface area contributed by atoms with Gasteiger partial charge in [-0.15, -0.1) is 0 Å². The Morgan fingerprint density at radius 1 is 1.21 bits per heavy atom. The van der Waals surface area contributed by atoms with Crippen LogP contribution < -0.4 is 5.32 Å². The predicted molar refractivity (Wildman–Crippen MR) is 76.7 cm³/mol. The summed E-state index contributed by atoms with van der Waals surface area (Å²) < 4.78 is 0. The molecular formula is C15H28N2O2. The molecule has 1 heterocycles. The molecule has 0 spiro atoms. The first-order valence-electron chi connectivity index (χ1n) is 7.51. The van der Waals surface area contributed by atoms with Crippen LogP contribution in [0.2, 0.25) is 0 Å². The van der Waals surface area contributed by atoms with Crippen LogP contribution >= 0.6 is 0 Å². The van der Waals surface area contributed by atoms with Gasteiger partial charge in [0.25, 0.3) is 0 Å². The first kappa shape index (κ1) is 16.0. The SMILES string of the molecule is CCC(CC)(CC)N1CC(=O)NC(CC(C)C)C1=O. The van der Waals surface area contributed by atoms with E-state index < -0.39 is 0 Å². The minimum atomic E-state index is -0.342. The highest BCUT2D eigenvalue weighted by Gasteiger charge is 2.42. The van der Waals surface area contributed by atoms with Crippen molar-refractivity contribution in [2.75, 3.05) is 6.54 Å². The number of amides is 2. The Hall–Kier alpha value is -1.06. The van der Waals surface area contributed by atoms with Crippen LogP contribution in [0.5, 0.6) is 0 Å². The van der Waals surface area contributed by atoms with Gasteiger partial charge in [-0.3, -0.25) is 9.59 Å². The molecule has 1 rings (SSSR count). The van der Waals surface area contributed by atoms with E-state index in [4.69, 9.17) is 0 Å². The second-order valence-electron chi connectivity index (χ2n) is 5.96. The molecule has 0 aliphatic carbocycles. The third-order valence-corrected chi connectivity index (χ3v) is 4.46. The Morgan fingerprint density at radius 3 is 2.16 bits per heavy atom. The molecule has 4 nitrogen and oxygen atoms in total. The number of piperazine rings is 1. The van der Waals surface area contributed by atoms with Gasteiger partial charge in [-0.1, -0.05) is 34.6 Å². The highest BCUT2D eigenvalue weighted by atomic mass is 16.2. The highest BCUT2D eigenvalue weighted by molar-refractivity contribution is 5.95. The van der Waals surface area contributed by atoms with Crippen LogP contribution in [0, 0.1) is 5.92 Å². The lowest BCUT2D eigenvalue weighted by Crippen LogP contribution is -2.64.